The highest BCUT2D eigenvalue weighted by Gasteiger charge is 2.18. The smallest absolute Gasteiger partial charge is 0.228 e. The van der Waals surface area contributed by atoms with Gasteiger partial charge in [-0.15, -0.1) is 0 Å². The Morgan fingerprint density at radius 2 is 1.86 bits per heavy atom. The van der Waals surface area contributed by atoms with Crippen molar-refractivity contribution in [3.8, 4) is 0 Å². The molecule has 0 aliphatic heterocycles. The fourth-order valence-electron chi connectivity index (χ4n) is 0.0732. The molecule has 1 nitrogen and oxygen atoms in total. The van der Waals surface area contributed by atoms with Crippen LogP contribution >= 0.6 is 46.8 Å². The molecule has 0 amide bonds. The molecular formula is C2H2Cl3NS. The largest absolute Gasteiger partial charge is 0.258 e. The van der Waals surface area contributed by atoms with E-state index in [1.165, 1.54) is 0 Å². The van der Waals surface area contributed by atoms with Gasteiger partial charge in [0, 0.05) is 11.9 Å². The summed E-state index contributed by atoms with van der Waals surface area (Å²) in [5, 5.41) is 0. The van der Waals surface area contributed by atoms with Crippen molar-refractivity contribution in [2.24, 2.45) is 4.40 Å². The van der Waals surface area contributed by atoms with Crippen LogP contribution < -0.4 is 0 Å². The highest BCUT2D eigenvalue weighted by atomic mass is 35.6. The van der Waals surface area contributed by atoms with Gasteiger partial charge in [0.1, 0.15) is 0 Å². The molecule has 0 unspecified atom stereocenters. The van der Waals surface area contributed by atoms with Gasteiger partial charge in [-0.05, 0) is 6.72 Å². The average Bonchev–Trinajstić information content (AvgIpc) is 1.30. The summed E-state index contributed by atoms with van der Waals surface area (Å²) < 4.78 is 1.93. The van der Waals surface area contributed by atoms with Gasteiger partial charge in [0.25, 0.3) is 3.12 Å². The van der Waals surface area contributed by atoms with Crippen molar-refractivity contribution in [2.75, 3.05) is 0 Å². The second kappa shape index (κ2) is 3.02. The fraction of sp³-hybridized carbons (Fsp3) is 0.500. The normalized spacial score (nSPS) is 11.3. The minimum Gasteiger partial charge on any atom is -0.228 e. The third-order valence-electron chi connectivity index (χ3n) is 0.168. The Balaban J connectivity index is 3.34. The predicted octanol–water partition coefficient (Wildman–Crippen LogP) is 2.66. The van der Waals surface area contributed by atoms with Crippen LogP contribution in [0.5, 0.6) is 0 Å². The van der Waals surface area contributed by atoms with Crippen LogP contribution in [0.3, 0.4) is 0 Å². The number of halogens is 3. The van der Waals surface area contributed by atoms with Gasteiger partial charge in [-0.1, -0.05) is 34.8 Å². The zero-order valence-electron chi connectivity index (χ0n) is 3.20. The molecule has 0 aliphatic rings. The summed E-state index contributed by atoms with van der Waals surface area (Å²) in [5.41, 5.74) is 0. The molecule has 7 heavy (non-hydrogen) atoms. The first-order chi connectivity index (χ1) is 3.06. The Kier molecular flexibility index (Phi) is 3.41. The number of alkyl halides is 3. The molecule has 0 aromatic rings. The summed E-state index contributed by atoms with van der Waals surface area (Å²) in [6.07, 6.45) is 0. The van der Waals surface area contributed by atoms with E-state index in [1.807, 2.05) is 0 Å². The molecule has 5 heteroatoms. The molecular weight excluding hydrogens is 176 g/mol. The molecule has 0 saturated carbocycles. The summed E-state index contributed by atoms with van der Waals surface area (Å²) in [6.45, 7) is 3.11. The molecule has 0 spiro atoms. The molecule has 0 rings (SSSR count). The lowest BCUT2D eigenvalue weighted by molar-refractivity contribution is 1.75. The maximum absolute atomic E-state index is 5.19. The third-order valence-corrected chi connectivity index (χ3v) is 1.13. The van der Waals surface area contributed by atoms with Gasteiger partial charge in [0.2, 0.25) is 0 Å². The minimum absolute atomic E-state index is 0.799. The van der Waals surface area contributed by atoms with Gasteiger partial charge in [-0.25, -0.2) is 4.40 Å². The van der Waals surface area contributed by atoms with E-state index in [-0.39, 0.29) is 0 Å². The van der Waals surface area contributed by atoms with Crippen LogP contribution in [0.25, 0.3) is 0 Å². The van der Waals surface area contributed by atoms with E-state index in [0.29, 0.717) is 0 Å². The molecule has 0 heterocycles. The van der Waals surface area contributed by atoms with Crippen LogP contribution in [0.2, 0.25) is 0 Å². The van der Waals surface area contributed by atoms with E-state index in [0.717, 1.165) is 11.9 Å². The molecule has 0 radical (unpaired) electrons. The van der Waals surface area contributed by atoms with Crippen LogP contribution in [-0.4, -0.2) is 9.84 Å². The zero-order chi connectivity index (χ0) is 5.91. The summed E-state index contributed by atoms with van der Waals surface area (Å²) in [6, 6.07) is 0. The lowest BCUT2D eigenvalue weighted by Gasteiger charge is -2.01. The van der Waals surface area contributed by atoms with E-state index in [1.54, 1.807) is 0 Å². The lowest BCUT2D eigenvalue weighted by atomic mass is 11.8. The number of hydrogen-bond donors (Lipinski definition) is 0. The molecule has 0 aromatic heterocycles. The van der Waals surface area contributed by atoms with Gasteiger partial charge in [-0.2, -0.15) is 0 Å². The highest BCUT2D eigenvalue weighted by molar-refractivity contribution is 8.03. The highest BCUT2D eigenvalue weighted by Crippen LogP contribution is 2.38. The first kappa shape index (κ1) is 7.89. The van der Waals surface area contributed by atoms with E-state index in [2.05, 4.69) is 11.1 Å². The number of nitrogens with zero attached hydrogens (tertiary/aromatic N) is 1. The number of rotatable bonds is 1. The summed E-state index contributed by atoms with van der Waals surface area (Å²) in [7, 11) is 0. The van der Waals surface area contributed by atoms with Crippen molar-refractivity contribution in [2.45, 2.75) is 3.12 Å². The quantitative estimate of drug-likeness (QED) is 0.342. The van der Waals surface area contributed by atoms with Gasteiger partial charge < -0.3 is 0 Å². The van der Waals surface area contributed by atoms with Gasteiger partial charge in [0.05, 0.1) is 0 Å². The van der Waals surface area contributed by atoms with Gasteiger partial charge in [0.15, 0.2) is 0 Å². The van der Waals surface area contributed by atoms with Crippen LogP contribution in [0, 0.1) is 0 Å². The summed E-state index contributed by atoms with van der Waals surface area (Å²) >= 11 is 16.4. The van der Waals surface area contributed by atoms with Crippen LogP contribution in [0.4, 0.5) is 0 Å². The molecule has 42 valence electrons. The van der Waals surface area contributed by atoms with Crippen molar-refractivity contribution in [1.29, 1.82) is 0 Å². The van der Waals surface area contributed by atoms with Crippen LogP contribution in [0.1, 0.15) is 0 Å². The molecule has 0 aromatic carbocycles. The SMILES string of the molecule is C=NSC(Cl)(Cl)Cl. The van der Waals surface area contributed by atoms with E-state index in [4.69, 9.17) is 34.8 Å². The van der Waals surface area contributed by atoms with Crippen LogP contribution in [-0.2, 0) is 0 Å². The van der Waals surface area contributed by atoms with E-state index >= 15 is 0 Å². The van der Waals surface area contributed by atoms with Gasteiger partial charge >= 0.3 is 0 Å². The predicted molar refractivity (Wildman–Crippen MR) is 37.4 cm³/mol. The Morgan fingerprint density at radius 3 is 1.86 bits per heavy atom. The molecule has 0 aliphatic carbocycles. The monoisotopic (exact) mass is 177 g/mol. The number of hydrogen-bond acceptors (Lipinski definition) is 2. The molecule has 0 bridgehead atoms. The van der Waals surface area contributed by atoms with E-state index in [9.17, 15) is 0 Å². The second-order valence-corrected chi connectivity index (χ2v) is 4.67. The zero-order valence-corrected chi connectivity index (χ0v) is 6.28. The van der Waals surface area contributed by atoms with Crippen molar-refractivity contribution >= 4 is 53.5 Å². The van der Waals surface area contributed by atoms with Crippen molar-refractivity contribution in [1.82, 2.24) is 0 Å². The third kappa shape index (κ3) is 6.89. The fourth-order valence-corrected chi connectivity index (χ4v) is 0.659. The van der Waals surface area contributed by atoms with Crippen molar-refractivity contribution in [3.63, 3.8) is 0 Å². The Labute approximate surface area is 61.2 Å². The topological polar surface area (TPSA) is 12.4 Å². The Morgan fingerprint density at radius 1 is 1.43 bits per heavy atom. The molecule has 0 atom stereocenters. The first-order valence-corrected chi connectivity index (χ1v) is 3.18. The lowest BCUT2D eigenvalue weighted by Crippen LogP contribution is -1.88. The molecule has 0 fully saturated rings. The van der Waals surface area contributed by atoms with E-state index < -0.39 is 3.12 Å². The van der Waals surface area contributed by atoms with Crippen molar-refractivity contribution in [3.05, 3.63) is 0 Å². The first-order valence-electron chi connectivity index (χ1n) is 1.27. The molecule has 0 N–H and O–H groups in total. The molecule has 0 saturated heterocycles. The van der Waals surface area contributed by atoms with Crippen LogP contribution in [0.15, 0.2) is 4.40 Å². The minimum atomic E-state index is -1.35. The van der Waals surface area contributed by atoms with Crippen molar-refractivity contribution < 1.29 is 0 Å². The Bertz CT molecular complexity index is 67.8. The summed E-state index contributed by atoms with van der Waals surface area (Å²) in [4.78, 5) is 0. The Hall–Kier alpha value is 0.890. The summed E-state index contributed by atoms with van der Waals surface area (Å²) in [5.74, 6) is 0. The maximum Gasteiger partial charge on any atom is 0.258 e. The van der Waals surface area contributed by atoms with Gasteiger partial charge in [-0.3, -0.25) is 0 Å². The second-order valence-electron chi connectivity index (χ2n) is 0.666. The maximum atomic E-state index is 5.19. The average molecular weight is 178 g/mol. The standard InChI is InChI=1S/C2H2Cl3NS/c1-6-7-2(3,4)5/h1H2.